The van der Waals surface area contributed by atoms with Crippen molar-refractivity contribution in [1.82, 2.24) is 4.98 Å². The molecule has 0 saturated heterocycles. The third-order valence-corrected chi connectivity index (χ3v) is 4.04. The number of anilines is 1. The van der Waals surface area contributed by atoms with Crippen LogP contribution in [0.2, 0.25) is 5.02 Å². The fourth-order valence-electron chi connectivity index (χ4n) is 1.49. The lowest BCUT2D eigenvalue weighted by Crippen LogP contribution is -2.02. The monoisotopic (exact) mass is 404 g/mol. The van der Waals surface area contributed by atoms with Gasteiger partial charge in [0.05, 0.1) is 19.7 Å². The Bertz CT molecular complexity index is 573. The van der Waals surface area contributed by atoms with E-state index in [2.05, 4.69) is 42.2 Å². The number of hydrogen-bond donors (Lipinski definition) is 1. The van der Waals surface area contributed by atoms with Gasteiger partial charge in [-0.05, 0) is 56.1 Å². The summed E-state index contributed by atoms with van der Waals surface area (Å²) in [5.74, 6) is 1.49. The summed E-state index contributed by atoms with van der Waals surface area (Å²) in [4.78, 5) is 4.37. The van der Waals surface area contributed by atoms with Crippen molar-refractivity contribution in [3.8, 4) is 5.75 Å². The number of benzene rings is 1. The first kappa shape index (κ1) is 14.6. The van der Waals surface area contributed by atoms with Crippen molar-refractivity contribution in [2.75, 3.05) is 12.4 Å². The highest BCUT2D eigenvalue weighted by Crippen LogP contribution is 2.33. The number of nitrogens with zero attached hydrogens (tertiary/aromatic N) is 1. The van der Waals surface area contributed by atoms with E-state index < -0.39 is 0 Å². The largest absolute Gasteiger partial charge is 0.485 e. The molecule has 100 valence electrons. The van der Waals surface area contributed by atoms with Gasteiger partial charge in [-0.1, -0.05) is 17.7 Å². The van der Waals surface area contributed by atoms with Gasteiger partial charge in [0.2, 0.25) is 0 Å². The van der Waals surface area contributed by atoms with Gasteiger partial charge in [-0.25, -0.2) is 4.98 Å². The first-order valence-corrected chi connectivity index (χ1v) is 7.48. The molecule has 0 amide bonds. The van der Waals surface area contributed by atoms with E-state index in [1.54, 1.807) is 6.07 Å². The van der Waals surface area contributed by atoms with E-state index in [9.17, 15) is 0 Å². The molecule has 0 aliphatic carbocycles. The molecule has 1 aromatic carbocycles. The van der Waals surface area contributed by atoms with Crippen LogP contribution in [0.4, 0.5) is 5.82 Å². The number of pyridine rings is 1. The van der Waals surface area contributed by atoms with Crippen LogP contribution in [0.15, 0.2) is 39.3 Å². The Morgan fingerprint density at radius 1 is 1.21 bits per heavy atom. The van der Waals surface area contributed by atoms with Gasteiger partial charge in [-0.15, -0.1) is 0 Å². The van der Waals surface area contributed by atoms with Crippen molar-refractivity contribution in [1.29, 1.82) is 0 Å². The van der Waals surface area contributed by atoms with Crippen LogP contribution in [0.3, 0.4) is 0 Å². The van der Waals surface area contributed by atoms with Gasteiger partial charge in [0, 0.05) is 7.05 Å². The maximum Gasteiger partial charge on any atom is 0.148 e. The SMILES string of the molecule is CNc1ccc(Cl)c(COc2c(Br)cccc2Br)n1. The summed E-state index contributed by atoms with van der Waals surface area (Å²) in [6.45, 7) is 0.301. The number of aromatic nitrogens is 1. The molecule has 0 aliphatic rings. The standard InChI is InChI=1S/C13H11Br2ClN2O/c1-17-12-6-5-10(16)11(18-12)7-19-13-8(14)3-2-4-9(13)15/h2-6H,7H2,1H3,(H,17,18). The lowest BCUT2D eigenvalue weighted by Gasteiger charge is -2.11. The van der Waals surface area contributed by atoms with E-state index >= 15 is 0 Å². The molecule has 3 nitrogen and oxygen atoms in total. The van der Waals surface area contributed by atoms with E-state index in [0.29, 0.717) is 17.3 Å². The number of para-hydroxylation sites is 1. The zero-order chi connectivity index (χ0) is 13.8. The molecule has 19 heavy (non-hydrogen) atoms. The quantitative estimate of drug-likeness (QED) is 0.786. The van der Waals surface area contributed by atoms with Crippen LogP contribution in [0.5, 0.6) is 5.75 Å². The third kappa shape index (κ3) is 3.61. The molecule has 1 aromatic heterocycles. The zero-order valence-electron chi connectivity index (χ0n) is 10.1. The van der Waals surface area contributed by atoms with Crippen molar-refractivity contribution in [3.63, 3.8) is 0 Å². The molecule has 0 bridgehead atoms. The molecule has 0 spiro atoms. The van der Waals surface area contributed by atoms with Crippen LogP contribution in [-0.4, -0.2) is 12.0 Å². The zero-order valence-corrected chi connectivity index (χ0v) is 14.0. The Hall–Kier alpha value is -0.780. The normalized spacial score (nSPS) is 10.3. The molecule has 1 heterocycles. The first-order chi connectivity index (χ1) is 9.11. The van der Waals surface area contributed by atoms with Gasteiger partial charge in [0.15, 0.2) is 0 Å². The maximum atomic E-state index is 6.11. The minimum atomic E-state index is 0.301. The molecule has 2 aromatic rings. The molecule has 0 saturated carbocycles. The Balaban J connectivity index is 2.19. The molecule has 0 unspecified atom stereocenters. The predicted octanol–water partition coefficient (Wildman–Crippen LogP) is 4.88. The smallest absolute Gasteiger partial charge is 0.148 e. The fraction of sp³-hybridized carbons (Fsp3) is 0.154. The second-order valence-corrected chi connectivity index (χ2v) is 5.83. The Kier molecular flexibility index (Phi) is 5.07. The van der Waals surface area contributed by atoms with Gasteiger partial charge in [0.1, 0.15) is 18.2 Å². The van der Waals surface area contributed by atoms with E-state index in [1.165, 1.54) is 0 Å². The molecule has 0 fully saturated rings. The fourth-order valence-corrected chi connectivity index (χ4v) is 2.87. The second kappa shape index (κ2) is 6.59. The van der Waals surface area contributed by atoms with Crippen molar-refractivity contribution in [3.05, 3.63) is 50.0 Å². The first-order valence-electron chi connectivity index (χ1n) is 5.52. The Morgan fingerprint density at radius 3 is 2.53 bits per heavy atom. The van der Waals surface area contributed by atoms with Gasteiger partial charge in [-0.2, -0.15) is 0 Å². The molecule has 2 rings (SSSR count). The van der Waals surface area contributed by atoms with Crippen LogP contribution in [0.25, 0.3) is 0 Å². The minimum Gasteiger partial charge on any atom is -0.485 e. The maximum absolute atomic E-state index is 6.11. The van der Waals surface area contributed by atoms with Crippen molar-refractivity contribution >= 4 is 49.3 Å². The topological polar surface area (TPSA) is 34.1 Å². The Morgan fingerprint density at radius 2 is 1.89 bits per heavy atom. The molecule has 0 atom stereocenters. The van der Waals surface area contributed by atoms with Crippen LogP contribution in [0.1, 0.15) is 5.69 Å². The number of rotatable bonds is 4. The summed E-state index contributed by atoms with van der Waals surface area (Å²) in [7, 11) is 1.81. The lowest BCUT2D eigenvalue weighted by atomic mass is 10.3. The van der Waals surface area contributed by atoms with Crippen molar-refractivity contribution < 1.29 is 4.74 Å². The summed E-state index contributed by atoms with van der Waals surface area (Å²) < 4.78 is 7.52. The number of nitrogens with one attached hydrogen (secondary N) is 1. The van der Waals surface area contributed by atoms with E-state index in [4.69, 9.17) is 16.3 Å². The molecule has 0 aliphatic heterocycles. The molecule has 6 heteroatoms. The van der Waals surface area contributed by atoms with Gasteiger partial charge in [-0.3, -0.25) is 0 Å². The summed E-state index contributed by atoms with van der Waals surface area (Å²) in [6, 6.07) is 9.38. The van der Waals surface area contributed by atoms with Crippen molar-refractivity contribution in [2.45, 2.75) is 6.61 Å². The molecule has 1 N–H and O–H groups in total. The van der Waals surface area contributed by atoms with E-state index in [-0.39, 0.29) is 0 Å². The predicted molar refractivity (Wildman–Crippen MR) is 85.0 cm³/mol. The summed E-state index contributed by atoms with van der Waals surface area (Å²) in [6.07, 6.45) is 0. The van der Waals surface area contributed by atoms with E-state index in [1.807, 2.05) is 31.3 Å². The highest BCUT2D eigenvalue weighted by molar-refractivity contribution is 9.11. The van der Waals surface area contributed by atoms with Crippen LogP contribution in [0, 0.1) is 0 Å². The van der Waals surface area contributed by atoms with Crippen LogP contribution < -0.4 is 10.1 Å². The number of hydrogen-bond acceptors (Lipinski definition) is 3. The summed E-state index contributed by atoms with van der Waals surface area (Å²) in [5, 5.41) is 3.56. The second-order valence-electron chi connectivity index (χ2n) is 3.71. The van der Waals surface area contributed by atoms with Gasteiger partial charge in [0.25, 0.3) is 0 Å². The van der Waals surface area contributed by atoms with Crippen LogP contribution in [-0.2, 0) is 6.61 Å². The lowest BCUT2D eigenvalue weighted by molar-refractivity contribution is 0.298. The minimum absolute atomic E-state index is 0.301. The van der Waals surface area contributed by atoms with Crippen molar-refractivity contribution in [2.24, 2.45) is 0 Å². The summed E-state index contributed by atoms with van der Waals surface area (Å²) >= 11 is 13.0. The van der Waals surface area contributed by atoms with E-state index in [0.717, 1.165) is 20.5 Å². The highest BCUT2D eigenvalue weighted by atomic mass is 79.9. The molecular formula is C13H11Br2ClN2O. The highest BCUT2D eigenvalue weighted by Gasteiger charge is 2.09. The van der Waals surface area contributed by atoms with Gasteiger partial charge < -0.3 is 10.1 Å². The third-order valence-electron chi connectivity index (χ3n) is 2.45. The van der Waals surface area contributed by atoms with Gasteiger partial charge >= 0.3 is 0 Å². The molecule has 0 radical (unpaired) electrons. The average molecular weight is 407 g/mol. The Labute approximate surface area is 133 Å². The average Bonchev–Trinajstić information content (AvgIpc) is 2.40. The van der Waals surface area contributed by atoms with Crippen LogP contribution >= 0.6 is 43.5 Å². The number of halogens is 3. The number of ether oxygens (including phenoxy) is 1. The molecular weight excluding hydrogens is 395 g/mol. The summed E-state index contributed by atoms with van der Waals surface area (Å²) in [5.41, 5.74) is 0.691.